The molecule has 2 N–H and O–H groups in total. The lowest BCUT2D eigenvalue weighted by molar-refractivity contribution is 0.149. The van der Waals surface area contributed by atoms with Crippen LogP contribution in [-0.2, 0) is 0 Å². The second kappa shape index (κ2) is 9.18. The molecule has 6 atom stereocenters. The molecule has 2 nitrogen and oxygen atoms in total. The van der Waals surface area contributed by atoms with Crippen molar-refractivity contribution in [3.05, 3.63) is 59.8 Å². The molecule has 0 radical (unpaired) electrons. The van der Waals surface area contributed by atoms with Gasteiger partial charge in [0.05, 0.1) is 6.10 Å². The SMILES string of the molecule is C=C1CC[C@H](O)C/C1=C/C=C1\CCCC2C1CCC2[C@H](C)/C=C/[C@@](C)(O)C(=C)C. The molecular weight excluding hydrogens is 356 g/mol. The summed E-state index contributed by atoms with van der Waals surface area (Å²) in [6.07, 6.45) is 17.5. The van der Waals surface area contributed by atoms with Gasteiger partial charge in [-0.15, -0.1) is 0 Å². The molecule has 0 saturated heterocycles. The van der Waals surface area contributed by atoms with Gasteiger partial charge < -0.3 is 10.2 Å². The first-order valence-electron chi connectivity index (χ1n) is 11.5. The van der Waals surface area contributed by atoms with Crippen molar-refractivity contribution >= 4 is 0 Å². The van der Waals surface area contributed by atoms with Gasteiger partial charge in [0.15, 0.2) is 0 Å². The molecule has 0 heterocycles. The summed E-state index contributed by atoms with van der Waals surface area (Å²) in [6.45, 7) is 14.1. The fraction of sp³-hybridized carbons (Fsp3) is 0.630. The molecular formula is C27H40O2. The van der Waals surface area contributed by atoms with Crippen LogP contribution in [0.5, 0.6) is 0 Å². The molecule has 2 heteroatoms. The first kappa shape index (κ1) is 22.3. The lowest BCUT2D eigenvalue weighted by Crippen LogP contribution is -2.26. The first-order valence-corrected chi connectivity index (χ1v) is 11.5. The van der Waals surface area contributed by atoms with Crippen LogP contribution >= 0.6 is 0 Å². The fourth-order valence-corrected chi connectivity index (χ4v) is 5.58. The second-order valence-corrected chi connectivity index (χ2v) is 9.98. The molecule has 3 aliphatic carbocycles. The summed E-state index contributed by atoms with van der Waals surface area (Å²) >= 11 is 0. The van der Waals surface area contributed by atoms with E-state index in [9.17, 15) is 10.2 Å². The Hall–Kier alpha value is -1.38. The van der Waals surface area contributed by atoms with Crippen molar-refractivity contribution < 1.29 is 10.2 Å². The third-order valence-electron chi connectivity index (χ3n) is 7.81. The smallest absolute Gasteiger partial charge is 0.100 e. The molecule has 0 spiro atoms. The van der Waals surface area contributed by atoms with Gasteiger partial charge in [-0.05, 0) is 100 Å². The number of hydrogen-bond donors (Lipinski definition) is 2. The second-order valence-electron chi connectivity index (χ2n) is 9.98. The van der Waals surface area contributed by atoms with Crippen LogP contribution < -0.4 is 0 Å². The minimum atomic E-state index is -0.914. The molecule has 0 aliphatic heterocycles. The summed E-state index contributed by atoms with van der Waals surface area (Å²) in [5.74, 6) is 2.62. The Balaban J connectivity index is 1.70. The van der Waals surface area contributed by atoms with Crippen molar-refractivity contribution in [1.82, 2.24) is 0 Å². The van der Waals surface area contributed by atoms with Crippen LogP contribution in [0.25, 0.3) is 0 Å². The van der Waals surface area contributed by atoms with Crippen molar-refractivity contribution in [3.8, 4) is 0 Å². The van der Waals surface area contributed by atoms with Gasteiger partial charge in [0.2, 0.25) is 0 Å². The number of aliphatic hydroxyl groups is 2. The van der Waals surface area contributed by atoms with E-state index in [2.05, 4.69) is 38.3 Å². The molecule has 29 heavy (non-hydrogen) atoms. The molecule has 0 aromatic carbocycles. The Morgan fingerprint density at radius 2 is 1.93 bits per heavy atom. The van der Waals surface area contributed by atoms with Crippen LogP contribution in [0.1, 0.15) is 72.1 Å². The van der Waals surface area contributed by atoms with E-state index in [1.54, 1.807) is 5.57 Å². The monoisotopic (exact) mass is 396 g/mol. The molecule has 3 aliphatic rings. The Bertz CT molecular complexity index is 721. The van der Waals surface area contributed by atoms with Crippen LogP contribution in [0.4, 0.5) is 0 Å². The third-order valence-corrected chi connectivity index (χ3v) is 7.81. The summed E-state index contributed by atoms with van der Waals surface area (Å²) in [7, 11) is 0. The van der Waals surface area contributed by atoms with E-state index < -0.39 is 5.60 Å². The van der Waals surface area contributed by atoms with Crippen LogP contribution in [-0.4, -0.2) is 21.9 Å². The van der Waals surface area contributed by atoms with Crippen LogP contribution in [0.2, 0.25) is 0 Å². The lowest BCUT2D eigenvalue weighted by atomic mass is 9.71. The van der Waals surface area contributed by atoms with Gasteiger partial charge in [-0.25, -0.2) is 0 Å². The molecule has 3 fully saturated rings. The third kappa shape index (κ3) is 5.22. The van der Waals surface area contributed by atoms with Gasteiger partial charge in [0.1, 0.15) is 5.60 Å². The zero-order valence-corrected chi connectivity index (χ0v) is 18.7. The molecule has 0 aromatic rings. The van der Waals surface area contributed by atoms with Gasteiger partial charge >= 0.3 is 0 Å². The maximum absolute atomic E-state index is 10.5. The van der Waals surface area contributed by atoms with Crippen LogP contribution in [0, 0.1) is 23.7 Å². The minimum absolute atomic E-state index is 0.204. The maximum Gasteiger partial charge on any atom is 0.100 e. The van der Waals surface area contributed by atoms with E-state index in [0.29, 0.717) is 17.8 Å². The Morgan fingerprint density at radius 3 is 2.66 bits per heavy atom. The van der Waals surface area contributed by atoms with Gasteiger partial charge in [-0.3, -0.25) is 0 Å². The predicted octanol–water partition coefficient (Wildman–Crippen LogP) is 6.29. The number of aliphatic hydroxyl groups excluding tert-OH is 1. The van der Waals surface area contributed by atoms with Gasteiger partial charge in [0.25, 0.3) is 0 Å². The van der Waals surface area contributed by atoms with Gasteiger partial charge in [-0.2, -0.15) is 0 Å². The van der Waals surface area contributed by atoms with Gasteiger partial charge in [-0.1, -0.05) is 55.5 Å². The van der Waals surface area contributed by atoms with Crippen LogP contribution in [0.15, 0.2) is 59.8 Å². The summed E-state index contributed by atoms with van der Waals surface area (Å²) < 4.78 is 0. The summed E-state index contributed by atoms with van der Waals surface area (Å²) in [5, 5.41) is 20.5. The van der Waals surface area contributed by atoms with Crippen molar-refractivity contribution in [3.63, 3.8) is 0 Å². The van der Waals surface area contributed by atoms with Crippen LogP contribution in [0.3, 0.4) is 0 Å². The van der Waals surface area contributed by atoms with Crippen molar-refractivity contribution in [2.24, 2.45) is 23.7 Å². The molecule has 3 rings (SSSR count). The van der Waals surface area contributed by atoms with Gasteiger partial charge in [0, 0.05) is 0 Å². The molecule has 3 unspecified atom stereocenters. The van der Waals surface area contributed by atoms with E-state index in [1.807, 2.05) is 19.9 Å². The molecule has 0 amide bonds. The van der Waals surface area contributed by atoms with E-state index >= 15 is 0 Å². The number of fused-ring (bicyclic) bond motifs is 1. The zero-order chi connectivity index (χ0) is 21.2. The van der Waals surface area contributed by atoms with E-state index in [-0.39, 0.29) is 6.10 Å². The average Bonchev–Trinajstić information content (AvgIpc) is 3.11. The molecule has 0 bridgehead atoms. The average molecular weight is 397 g/mol. The highest BCUT2D eigenvalue weighted by atomic mass is 16.3. The summed E-state index contributed by atoms with van der Waals surface area (Å²) in [6, 6.07) is 0. The molecule has 0 aromatic heterocycles. The zero-order valence-electron chi connectivity index (χ0n) is 18.7. The Kier molecular flexibility index (Phi) is 7.06. The Labute approximate surface area is 177 Å². The largest absolute Gasteiger partial charge is 0.393 e. The maximum atomic E-state index is 10.5. The normalized spacial score (nSPS) is 36.4. The number of allylic oxidation sites excluding steroid dienone is 5. The van der Waals surface area contributed by atoms with E-state index in [0.717, 1.165) is 30.8 Å². The van der Waals surface area contributed by atoms with Crippen molar-refractivity contribution in [1.29, 1.82) is 0 Å². The summed E-state index contributed by atoms with van der Waals surface area (Å²) in [5.41, 5.74) is 3.92. The number of rotatable bonds is 5. The van der Waals surface area contributed by atoms with Crippen molar-refractivity contribution in [2.75, 3.05) is 0 Å². The highest BCUT2D eigenvalue weighted by Crippen LogP contribution is 2.51. The standard InChI is InChI=1S/C27H40O2/c1-18(2)27(5,29)16-15-20(4)24-13-14-25-21(7-6-8-26(24)25)10-11-22-17-23(28)12-9-19(22)3/h10-11,15-16,20,23-26,28-29H,1,3,6-9,12-14,17H2,2,4-5H3/b16-15+,21-10+,22-11-/t20-,23+,24?,25?,26?,27-/m1/s1. The highest BCUT2D eigenvalue weighted by Gasteiger charge is 2.41. The molecule has 160 valence electrons. The fourth-order valence-electron chi connectivity index (χ4n) is 5.58. The topological polar surface area (TPSA) is 40.5 Å². The summed E-state index contributed by atoms with van der Waals surface area (Å²) in [4.78, 5) is 0. The first-order chi connectivity index (χ1) is 13.7. The Morgan fingerprint density at radius 1 is 1.17 bits per heavy atom. The lowest BCUT2D eigenvalue weighted by Gasteiger charge is -2.34. The number of hydrogen-bond acceptors (Lipinski definition) is 2. The van der Waals surface area contributed by atoms with E-state index in [1.165, 1.54) is 43.3 Å². The van der Waals surface area contributed by atoms with Crippen molar-refractivity contribution in [2.45, 2.75) is 83.8 Å². The predicted molar refractivity (Wildman–Crippen MR) is 122 cm³/mol. The van der Waals surface area contributed by atoms with E-state index in [4.69, 9.17) is 0 Å². The quantitative estimate of drug-likeness (QED) is 0.536. The highest BCUT2D eigenvalue weighted by molar-refractivity contribution is 5.36. The molecule has 3 saturated carbocycles. The minimum Gasteiger partial charge on any atom is -0.393 e.